The number of Topliss-reactive ketones (excluding diaryl/α,β-unsaturated/α-hetero) is 1. The summed E-state index contributed by atoms with van der Waals surface area (Å²) in [7, 11) is 0. The number of dihydropyridines is 1. The van der Waals surface area contributed by atoms with E-state index in [0.717, 1.165) is 11.1 Å². The minimum Gasteiger partial charge on any atom is -0.488 e. The summed E-state index contributed by atoms with van der Waals surface area (Å²) in [6.45, 7) is 3.84. The second kappa shape index (κ2) is 9.74. The normalized spacial score (nSPS) is 16.4. The van der Waals surface area contributed by atoms with Crippen LogP contribution in [0.5, 0.6) is 5.75 Å². The number of ether oxygens (including phenoxy) is 2. The van der Waals surface area contributed by atoms with Crippen LogP contribution in [-0.2, 0) is 16.1 Å². The van der Waals surface area contributed by atoms with Gasteiger partial charge in [0.15, 0.2) is 5.78 Å². The van der Waals surface area contributed by atoms with Crippen LogP contribution in [0.4, 0.5) is 4.39 Å². The molecule has 0 saturated carbocycles. The van der Waals surface area contributed by atoms with Crippen molar-refractivity contribution in [2.45, 2.75) is 26.4 Å². The highest BCUT2D eigenvalue weighted by Gasteiger charge is 2.43. The lowest BCUT2D eigenvalue weighted by Gasteiger charge is -2.29. The van der Waals surface area contributed by atoms with Crippen LogP contribution in [0.2, 0.25) is 0 Å². The van der Waals surface area contributed by atoms with Crippen LogP contribution in [-0.4, -0.2) is 18.4 Å². The van der Waals surface area contributed by atoms with E-state index in [9.17, 15) is 14.0 Å². The van der Waals surface area contributed by atoms with Crippen molar-refractivity contribution in [1.82, 2.24) is 5.32 Å². The largest absolute Gasteiger partial charge is 0.488 e. The molecule has 1 heterocycles. The van der Waals surface area contributed by atoms with Gasteiger partial charge in [-0.05, 0) is 53.5 Å². The third-order valence-electron chi connectivity index (χ3n) is 6.37. The zero-order chi connectivity index (χ0) is 25.4. The molecule has 0 bridgehead atoms. The van der Waals surface area contributed by atoms with Crippen molar-refractivity contribution in [3.63, 3.8) is 0 Å². The molecule has 0 unspecified atom stereocenters. The van der Waals surface area contributed by atoms with Crippen LogP contribution < -0.4 is 10.1 Å². The van der Waals surface area contributed by atoms with Gasteiger partial charge in [-0.1, -0.05) is 48.5 Å². The smallest absolute Gasteiger partial charge is 0.336 e. The van der Waals surface area contributed by atoms with Gasteiger partial charge < -0.3 is 14.8 Å². The summed E-state index contributed by atoms with van der Waals surface area (Å²) in [5.41, 5.74) is 4.84. The summed E-state index contributed by atoms with van der Waals surface area (Å²) in [5.74, 6) is -1.04. The van der Waals surface area contributed by atoms with Crippen LogP contribution in [0, 0.1) is 5.82 Å². The van der Waals surface area contributed by atoms with E-state index < -0.39 is 11.9 Å². The fourth-order valence-electron chi connectivity index (χ4n) is 4.73. The molecule has 0 spiro atoms. The number of ketones is 1. The Hall–Kier alpha value is -3.71. The van der Waals surface area contributed by atoms with Gasteiger partial charge in [0.2, 0.25) is 0 Å². The van der Waals surface area contributed by atoms with Gasteiger partial charge in [0.1, 0.15) is 18.2 Å². The van der Waals surface area contributed by atoms with Crippen LogP contribution in [0.25, 0.3) is 5.70 Å². The molecule has 1 aliphatic heterocycles. The molecule has 7 heteroatoms. The summed E-state index contributed by atoms with van der Waals surface area (Å²) in [4.78, 5) is 26.6. The zero-order valence-electron chi connectivity index (χ0n) is 19.7. The first-order valence-corrected chi connectivity index (χ1v) is 12.4. The molecule has 5 rings (SSSR count). The Labute approximate surface area is 216 Å². The number of hydrogen-bond acceptors (Lipinski definition) is 5. The monoisotopic (exact) mass is 547 g/mol. The molecule has 0 radical (unpaired) electrons. The molecule has 182 valence electrons. The van der Waals surface area contributed by atoms with E-state index in [2.05, 4.69) is 21.2 Å². The maximum atomic E-state index is 14.0. The van der Waals surface area contributed by atoms with Crippen molar-refractivity contribution < 1.29 is 23.5 Å². The molecule has 0 aromatic heterocycles. The van der Waals surface area contributed by atoms with Crippen molar-refractivity contribution in [1.29, 1.82) is 0 Å². The Bertz CT molecular complexity index is 1460. The SMILES string of the molecule is CCOC(=O)C1=C(C)NC2=C(C(=O)c3ccccc32)[C@H]1c1ccc(OCc2ccccc2F)c(Br)c1. The molecule has 5 nitrogen and oxygen atoms in total. The van der Waals surface area contributed by atoms with Gasteiger partial charge in [0, 0.05) is 33.9 Å². The second-order valence-corrected chi connectivity index (χ2v) is 9.40. The predicted molar refractivity (Wildman–Crippen MR) is 138 cm³/mol. The third kappa shape index (κ3) is 4.13. The van der Waals surface area contributed by atoms with E-state index in [1.165, 1.54) is 6.07 Å². The first kappa shape index (κ1) is 24.0. The molecule has 1 atom stereocenters. The van der Waals surface area contributed by atoms with E-state index in [1.807, 2.05) is 37.3 Å². The first-order valence-electron chi connectivity index (χ1n) is 11.6. The van der Waals surface area contributed by atoms with E-state index in [0.29, 0.717) is 43.9 Å². The molecule has 0 fully saturated rings. The number of fused-ring (bicyclic) bond motifs is 2. The van der Waals surface area contributed by atoms with E-state index >= 15 is 0 Å². The summed E-state index contributed by atoms with van der Waals surface area (Å²) in [6, 6.07) is 19.3. The standard InChI is InChI=1S/C29H23BrFNO4/c1-3-35-29(34)24-16(2)32-27-19-9-5-6-10-20(19)28(33)26(27)25(24)17-12-13-23(21(30)14-17)36-15-18-8-4-7-11-22(18)31/h4-14,25,32H,3,15H2,1-2H3/t25-/m0/s1. The fraction of sp³-hybridized carbons (Fsp3) is 0.172. The highest BCUT2D eigenvalue weighted by Crippen LogP contribution is 2.47. The Morgan fingerprint density at radius 1 is 1.06 bits per heavy atom. The van der Waals surface area contributed by atoms with Gasteiger partial charge in [0.05, 0.1) is 22.3 Å². The van der Waals surface area contributed by atoms with Gasteiger partial charge in [0.25, 0.3) is 0 Å². The number of allylic oxidation sites excluding steroid dienone is 2. The number of benzene rings is 3. The maximum absolute atomic E-state index is 14.0. The number of hydrogen-bond donors (Lipinski definition) is 1. The van der Waals surface area contributed by atoms with Gasteiger partial charge in [-0.3, -0.25) is 4.79 Å². The van der Waals surface area contributed by atoms with Crippen LogP contribution in [0.3, 0.4) is 0 Å². The van der Waals surface area contributed by atoms with Gasteiger partial charge >= 0.3 is 5.97 Å². The molecular weight excluding hydrogens is 525 g/mol. The minimum absolute atomic E-state index is 0.0636. The van der Waals surface area contributed by atoms with Crippen LogP contribution in [0.15, 0.2) is 88.0 Å². The molecule has 36 heavy (non-hydrogen) atoms. The van der Waals surface area contributed by atoms with Gasteiger partial charge in [-0.2, -0.15) is 0 Å². The minimum atomic E-state index is -0.628. The topological polar surface area (TPSA) is 64.6 Å². The Morgan fingerprint density at radius 2 is 1.78 bits per heavy atom. The molecule has 3 aromatic carbocycles. The predicted octanol–water partition coefficient (Wildman–Crippen LogP) is 6.30. The average Bonchev–Trinajstić information content (AvgIpc) is 3.15. The fourth-order valence-corrected chi connectivity index (χ4v) is 5.24. The maximum Gasteiger partial charge on any atom is 0.336 e. The molecule has 1 N–H and O–H groups in total. The van der Waals surface area contributed by atoms with Crippen molar-refractivity contribution in [3.8, 4) is 5.75 Å². The van der Waals surface area contributed by atoms with Crippen molar-refractivity contribution in [3.05, 3.63) is 116 Å². The summed E-state index contributed by atoms with van der Waals surface area (Å²) >= 11 is 3.56. The summed E-state index contributed by atoms with van der Waals surface area (Å²) in [6.07, 6.45) is 0. The van der Waals surface area contributed by atoms with Crippen LogP contribution >= 0.6 is 15.9 Å². The third-order valence-corrected chi connectivity index (χ3v) is 6.99. The van der Waals surface area contributed by atoms with Crippen molar-refractivity contribution in [2.75, 3.05) is 6.61 Å². The number of carbonyl (C=O) groups excluding carboxylic acids is 2. The molecule has 3 aromatic rings. The Balaban J connectivity index is 1.55. The zero-order valence-corrected chi connectivity index (χ0v) is 21.3. The number of rotatable bonds is 6. The highest BCUT2D eigenvalue weighted by atomic mass is 79.9. The highest BCUT2D eigenvalue weighted by molar-refractivity contribution is 9.10. The Kier molecular flexibility index (Phi) is 6.49. The first-order chi connectivity index (χ1) is 17.4. The second-order valence-electron chi connectivity index (χ2n) is 8.55. The van der Waals surface area contributed by atoms with E-state index in [4.69, 9.17) is 9.47 Å². The number of esters is 1. The Morgan fingerprint density at radius 3 is 2.50 bits per heavy atom. The molecule has 1 aliphatic carbocycles. The van der Waals surface area contributed by atoms with E-state index in [1.54, 1.807) is 37.3 Å². The van der Waals surface area contributed by atoms with E-state index in [-0.39, 0.29) is 24.8 Å². The number of nitrogens with one attached hydrogen (secondary N) is 1. The van der Waals surface area contributed by atoms with Crippen molar-refractivity contribution >= 4 is 33.4 Å². The van der Waals surface area contributed by atoms with Gasteiger partial charge in [-0.15, -0.1) is 0 Å². The molecular formula is C29H23BrFNO4. The quantitative estimate of drug-likeness (QED) is 0.367. The van der Waals surface area contributed by atoms with Crippen LogP contribution in [0.1, 0.15) is 46.8 Å². The number of halogens is 2. The van der Waals surface area contributed by atoms with Crippen molar-refractivity contribution in [2.24, 2.45) is 0 Å². The average molecular weight is 548 g/mol. The van der Waals surface area contributed by atoms with Gasteiger partial charge in [-0.25, -0.2) is 9.18 Å². The molecule has 2 aliphatic rings. The lowest BCUT2D eigenvalue weighted by Crippen LogP contribution is -2.29. The summed E-state index contributed by atoms with van der Waals surface area (Å²) < 4.78 is 25.9. The number of carbonyl (C=O) groups is 2. The molecule has 0 saturated heterocycles. The lowest BCUT2D eigenvalue weighted by atomic mass is 9.80. The lowest BCUT2D eigenvalue weighted by molar-refractivity contribution is -0.138. The summed E-state index contributed by atoms with van der Waals surface area (Å²) in [5, 5.41) is 3.29. The molecule has 0 amide bonds.